The van der Waals surface area contributed by atoms with Crippen molar-refractivity contribution in [1.82, 2.24) is 9.38 Å². The predicted molar refractivity (Wildman–Crippen MR) is 75.8 cm³/mol. The molecule has 0 aliphatic rings. The maximum Gasteiger partial charge on any atom is 0.347 e. The molecule has 102 valence electrons. The van der Waals surface area contributed by atoms with Crippen LogP contribution in [-0.2, 0) is 6.61 Å². The third kappa shape index (κ3) is 2.23. The summed E-state index contributed by atoms with van der Waals surface area (Å²) in [4.78, 5) is 16.2. The van der Waals surface area contributed by atoms with Crippen LogP contribution in [0.15, 0.2) is 36.7 Å². The van der Waals surface area contributed by atoms with E-state index in [1.807, 2.05) is 0 Å². The van der Waals surface area contributed by atoms with Crippen LogP contribution in [-0.4, -0.2) is 20.5 Å². The molecular weight excluding hydrogens is 300 g/mol. The summed E-state index contributed by atoms with van der Waals surface area (Å²) in [6.07, 6.45) is 3.33. The fourth-order valence-electron chi connectivity index (χ4n) is 1.84. The number of hydrogen-bond acceptors (Lipinski definition) is 4. The Kier molecular flexibility index (Phi) is 3.33. The molecule has 0 fully saturated rings. The summed E-state index contributed by atoms with van der Waals surface area (Å²) < 4.78 is 7.33. The maximum absolute atomic E-state index is 11.3. The number of benzene rings is 1. The average Bonchev–Trinajstić information content (AvgIpc) is 2.99. The van der Waals surface area contributed by atoms with E-state index in [9.17, 15) is 9.90 Å². The van der Waals surface area contributed by atoms with Gasteiger partial charge in [-0.05, 0) is 12.1 Å². The van der Waals surface area contributed by atoms with Crippen LogP contribution in [0.1, 0.15) is 15.4 Å². The van der Waals surface area contributed by atoms with Crippen LogP contribution >= 0.6 is 22.9 Å². The smallest absolute Gasteiger partial charge is 0.347 e. The van der Waals surface area contributed by atoms with E-state index in [0.29, 0.717) is 21.4 Å². The number of hydrogen-bond donors (Lipinski definition) is 1. The number of rotatable bonds is 4. The number of carboxylic acid groups (broad SMARTS) is 1. The second-order valence-corrected chi connectivity index (χ2v) is 5.37. The molecule has 0 amide bonds. The number of aromatic carboxylic acids is 1. The van der Waals surface area contributed by atoms with Crippen molar-refractivity contribution in [2.45, 2.75) is 6.61 Å². The molecule has 1 aromatic carbocycles. The van der Waals surface area contributed by atoms with Crippen molar-refractivity contribution in [3.8, 4) is 5.75 Å². The molecule has 3 rings (SSSR count). The number of carboxylic acids is 1. The fourth-order valence-corrected chi connectivity index (χ4v) is 2.96. The predicted octanol–water partition coefficient (Wildman–Crippen LogP) is 3.33. The van der Waals surface area contributed by atoms with Crippen molar-refractivity contribution in [2.75, 3.05) is 0 Å². The molecule has 0 saturated carbocycles. The number of nitrogens with zero attached hydrogens (tertiary/aromatic N) is 2. The van der Waals surface area contributed by atoms with E-state index in [1.165, 1.54) is 0 Å². The van der Waals surface area contributed by atoms with Crippen LogP contribution in [0.2, 0.25) is 5.02 Å². The highest BCUT2D eigenvalue weighted by Crippen LogP contribution is 2.27. The molecule has 2 aromatic heterocycles. The molecule has 20 heavy (non-hydrogen) atoms. The minimum Gasteiger partial charge on any atom is -0.486 e. The summed E-state index contributed by atoms with van der Waals surface area (Å²) in [6.45, 7) is 0.113. The SMILES string of the molecule is O=C(O)c1sc2nccn2c1COc1ccccc1Cl. The van der Waals surface area contributed by atoms with E-state index in [1.54, 1.807) is 41.1 Å². The summed E-state index contributed by atoms with van der Waals surface area (Å²) in [6, 6.07) is 7.06. The Morgan fingerprint density at radius 1 is 1.45 bits per heavy atom. The molecule has 0 bridgehead atoms. The first kappa shape index (κ1) is 13.0. The molecule has 0 atom stereocenters. The van der Waals surface area contributed by atoms with Gasteiger partial charge in [0.25, 0.3) is 0 Å². The molecule has 0 spiro atoms. The summed E-state index contributed by atoms with van der Waals surface area (Å²) in [7, 11) is 0. The highest BCUT2D eigenvalue weighted by atomic mass is 35.5. The number of fused-ring (bicyclic) bond motifs is 1. The fraction of sp³-hybridized carbons (Fsp3) is 0.0769. The van der Waals surface area contributed by atoms with Gasteiger partial charge in [-0.2, -0.15) is 0 Å². The van der Waals surface area contributed by atoms with Crippen LogP contribution < -0.4 is 4.74 Å². The lowest BCUT2D eigenvalue weighted by atomic mass is 10.3. The Balaban J connectivity index is 1.94. The molecule has 0 aliphatic heterocycles. The summed E-state index contributed by atoms with van der Waals surface area (Å²) >= 11 is 7.12. The molecule has 0 radical (unpaired) electrons. The second kappa shape index (κ2) is 5.15. The summed E-state index contributed by atoms with van der Waals surface area (Å²) in [5.41, 5.74) is 0.551. The summed E-state index contributed by atoms with van der Waals surface area (Å²) in [5, 5.41) is 9.71. The van der Waals surface area contributed by atoms with Gasteiger partial charge in [0.2, 0.25) is 0 Å². The highest BCUT2D eigenvalue weighted by Gasteiger charge is 2.19. The highest BCUT2D eigenvalue weighted by molar-refractivity contribution is 7.18. The molecule has 0 saturated heterocycles. The van der Waals surface area contributed by atoms with E-state index in [0.717, 1.165) is 11.3 Å². The van der Waals surface area contributed by atoms with E-state index >= 15 is 0 Å². The van der Waals surface area contributed by atoms with Gasteiger partial charge in [-0.25, -0.2) is 9.78 Å². The number of imidazole rings is 1. The third-order valence-electron chi connectivity index (χ3n) is 2.75. The van der Waals surface area contributed by atoms with E-state index in [-0.39, 0.29) is 11.5 Å². The van der Waals surface area contributed by atoms with Crippen LogP contribution in [0, 0.1) is 0 Å². The van der Waals surface area contributed by atoms with Gasteiger partial charge in [-0.1, -0.05) is 35.1 Å². The molecule has 3 aromatic rings. The standard InChI is InChI=1S/C13H9ClN2O3S/c14-8-3-1-2-4-10(8)19-7-9-11(12(17)18)20-13-15-5-6-16(9)13/h1-6H,7H2,(H,17,18). The van der Waals surface area contributed by atoms with E-state index in [4.69, 9.17) is 16.3 Å². The topological polar surface area (TPSA) is 63.8 Å². The number of para-hydroxylation sites is 1. The molecular formula is C13H9ClN2O3S. The van der Waals surface area contributed by atoms with Gasteiger partial charge in [-0.3, -0.25) is 4.40 Å². The lowest BCUT2D eigenvalue weighted by Gasteiger charge is -2.07. The number of carbonyl (C=O) groups is 1. The minimum absolute atomic E-state index is 0.113. The quantitative estimate of drug-likeness (QED) is 0.803. The Bertz CT molecular complexity index is 781. The molecule has 5 nitrogen and oxygen atoms in total. The monoisotopic (exact) mass is 308 g/mol. The van der Waals surface area contributed by atoms with Crippen molar-refractivity contribution >= 4 is 33.9 Å². The summed E-state index contributed by atoms with van der Waals surface area (Å²) in [5.74, 6) is -0.469. The van der Waals surface area contributed by atoms with Crippen molar-refractivity contribution in [2.24, 2.45) is 0 Å². The molecule has 0 aliphatic carbocycles. The first-order valence-corrected chi connectivity index (χ1v) is 6.91. The van der Waals surface area contributed by atoms with Gasteiger partial charge in [-0.15, -0.1) is 0 Å². The molecule has 0 unspecified atom stereocenters. The average molecular weight is 309 g/mol. The Labute approximate surface area is 123 Å². The van der Waals surface area contributed by atoms with Crippen molar-refractivity contribution < 1.29 is 14.6 Å². The zero-order valence-corrected chi connectivity index (χ0v) is 11.7. The van der Waals surface area contributed by atoms with E-state index in [2.05, 4.69) is 4.98 Å². The maximum atomic E-state index is 11.3. The first-order chi connectivity index (χ1) is 9.66. The van der Waals surface area contributed by atoms with Gasteiger partial charge in [0, 0.05) is 12.4 Å². The van der Waals surface area contributed by atoms with Gasteiger partial charge < -0.3 is 9.84 Å². The first-order valence-electron chi connectivity index (χ1n) is 5.72. The normalized spacial score (nSPS) is 10.8. The van der Waals surface area contributed by atoms with Crippen molar-refractivity contribution in [3.05, 3.63) is 52.3 Å². The lowest BCUT2D eigenvalue weighted by molar-refractivity contribution is 0.0699. The Hall–Kier alpha value is -2.05. The van der Waals surface area contributed by atoms with Crippen LogP contribution in [0.25, 0.3) is 4.96 Å². The van der Waals surface area contributed by atoms with Gasteiger partial charge in [0.05, 0.1) is 10.7 Å². The molecule has 2 heterocycles. The minimum atomic E-state index is -0.988. The number of ether oxygens (including phenoxy) is 1. The largest absolute Gasteiger partial charge is 0.486 e. The van der Waals surface area contributed by atoms with Crippen molar-refractivity contribution in [3.63, 3.8) is 0 Å². The third-order valence-corrected chi connectivity index (χ3v) is 4.16. The van der Waals surface area contributed by atoms with Gasteiger partial charge in [0.15, 0.2) is 4.96 Å². The number of aromatic nitrogens is 2. The molecule has 1 N–H and O–H groups in total. The van der Waals surface area contributed by atoms with Crippen molar-refractivity contribution in [1.29, 1.82) is 0 Å². The molecule has 7 heteroatoms. The second-order valence-electron chi connectivity index (χ2n) is 3.98. The Morgan fingerprint density at radius 3 is 3.00 bits per heavy atom. The Morgan fingerprint density at radius 2 is 2.25 bits per heavy atom. The number of halogens is 1. The van der Waals surface area contributed by atoms with Gasteiger partial charge in [0.1, 0.15) is 17.2 Å². The lowest BCUT2D eigenvalue weighted by Crippen LogP contribution is -2.05. The van der Waals surface area contributed by atoms with Crippen LogP contribution in [0.5, 0.6) is 5.75 Å². The van der Waals surface area contributed by atoms with Crippen LogP contribution in [0.3, 0.4) is 0 Å². The number of thiazole rings is 1. The zero-order chi connectivity index (χ0) is 14.1. The van der Waals surface area contributed by atoms with E-state index < -0.39 is 5.97 Å². The van der Waals surface area contributed by atoms with Crippen LogP contribution in [0.4, 0.5) is 0 Å². The van der Waals surface area contributed by atoms with Gasteiger partial charge >= 0.3 is 5.97 Å². The zero-order valence-electron chi connectivity index (χ0n) is 10.1.